The molecular weight excluding hydrogens is 492 g/mol. The van der Waals surface area contributed by atoms with Gasteiger partial charge < -0.3 is 0 Å². The lowest BCUT2D eigenvalue weighted by Crippen LogP contribution is -2.33. The molecule has 214 valence electrons. The van der Waals surface area contributed by atoms with Crippen LogP contribution in [0.15, 0.2) is 77.4 Å². The van der Waals surface area contributed by atoms with Gasteiger partial charge in [0.05, 0.1) is 0 Å². The molecule has 41 heavy (non-hydrogen) atoms. The molecule has 0 N–H and O–H groups in total. The highest BCUT2D eigenvalue weighted by Crippen LogP contribution is 2.64. The van der Waals surface area contributed by atoms with Gasteiger partial charge in [-0.15, -0.1) is 0 Å². The van der Waals surface area contributed by atoms with Crippen molar-refractivity contribution >= 4 is 0 Å². The van der Waals surface area contributed by atoms with Crippen molar-refractivity contribution in [1.82, 2.24) is 0 Å². The highest BCUT2D eigenvalue weighted by molar-refractivity contribution is 5.83. The van der Waals surface area contributed by atoms with Gasteiger partial charge >= 0.3 is 0 Å². The lowest BCUT2D eigenvalue weighted by atomic mass is 9.62. The Kier molecular flexibility index (Phi) is 6.25. The Morgan fingerprint density at radius 2 is 1.17 bits per heavy atom. The molecule has 6 rings (SSSR count). The number of hydrogen-bond donors (Lipinski definition) is 0. The molecule has 0 aliphatic heterocycles. The fourth-order valence-electron chi connectivity index (χ4n) is 8.51. The largest absolute Gasteiger partial charge is 0.0622 e. The van der Waals surface area contributed by atoms with E-state index in [-0.39, 0.29) is 21.7 Å². The second kappa shape index (κ2) is 9.07. The second-order valence-corrected chi connectivity index (χ2v) is 16.4. The summed E-state index contributed by atoms with van der Waals surface area (Å²) in [5, 5.41) is 0. The summed E-state index contributed by atoms with van der Waals surface area (Å²) in [6.45, 7) is 26.0. The minimum Gasteiger partial charge on any atom is -0.0622 e. The summed E-state index contributed by atoms with van der Waals surface area (Å²) in [4.78, 5) is 0. The Morgan fingerprint density at radius 1 is 0.659 bits per heavy atom. The highest BCUT2D eigenvalue weighted by Gasteiger charge is 2.53. The third-order valence-electron chi connectivity index (χ3n) is 10.5. The third-order valence-corrected chi connectivity index (χ3v) is 10.5. The molecule has 0 heterocycles. The maximum atomic E-state index is 2.64. The van der Waals surface area contributed by atoms with E-state index in [1.807, 2.05) is 0 Å². The standard InChI is InChI=1S/C41H50/c1-25-19-32-30(23-34(25)39(6,7)8)31-24-35(40(9,10)11)26(2)20-33(31)37(32)41(28-15-13-12-14-16-28)18-17-27-21-29(22-36(27)41)38(3,4)5/h12-16,19-20,22-24,37H,17-18,21H2,1-11H3. The van der Waals surface area contributed by atoms with Crippen LogP contribution in [0.2, 0.25) is 0 Å². The van der Waals surface area contributed by atoms with Crippen molar-refractivity contribution in [2.45, 2.75) is 118 Å². The van der Waals surface area contributed by atoms with Gasteiger partial charge in [0.25, 0.3) is 0 Å². The Labute approximate surface area is 250 Å². The molecular formula is C41H50. The van der Waals surface area contributed by atoms with Gasteiger partial charge in [-0.1, -0.05) is 134 Å². The average molecular weight is 543 g/mol. The van der Waals surface area contributed by atoms with Crippen molar-refractivity contribution in [2.75, 3.05) is 0 Å². The van der Waals surface area contributed by atoms with Crippen molar-refractivity contribution in [2.24, 2.45) is 5.41 Å². The molecule has 0 amide bonds. The number of aryl methyl sites for hydroxylation is 2. The molecule has 0 spiro atoms. The van der Waals surface area contributed by atoms with Crippen LogP contribution in [0.5, 0.6) is 0 Å². The summed E-state index contributed by atoms with van der Waals surface area (Å²) in [5.74, 6) is 0.304. The van der Waals surface area contributed by atoms with Crippen LogP contribution in [-0.4, -0.2) is 0 Å². The minimum atomic E-state index is -0.0605. The zero-order valence-electron chi connectivity index (χ0n) is 27.5. The SMILES string of the molecule is Cc1cc2c(cc1C(C)(C)C)-c1cc(C(C)(C)C)c(C)cc1C2C1(c2ccccc2)CCC2=C1C=C(C(C)(C)C)C2. The van der Waals surface area contributed by atoms with Gasteiger partial charge in [0, 0.05) is 11.3 Å². The predicted molar refractivity (Wildman–Crippen MR) is 177 cm³/mol. The molecule has 0 bridgehead atoms. The fraction of sp³-hybridized carbons (Fsp3) is 0.463. The molecule has 0 saturated heterocycles. The van der Waals surface area contributed by atoms with E-state index in [9.17, 15) is 0 Å². The zero-order valence-corrected chi connectivity index (χ0v) is 27.5. The lowest BCUT2D eigenvalue weighted by molar-refractivity contribution is 0.443. The van der Waals surface area contributed by atoms with E-state index < -0.39 is 0 Å². The van der Waals surface area contributed by atoms with Crippen LogP contribution in [0.4, 0.5) is 0 Å². The Bertz CT molecular complexity index is 1530. The van der Waals surface area contributed by atoms with Gasteiger partial charge in [0.2, 0.25) is 0 Å². The number of fused-ring (bicyclic) bond motifs is 3. The molecule has 0 saturated carbocycles. The third kappa shape index (κ3) is 4.31. The van der Waals surface area contributed by atoms with Crippen molar-refractivity contribution in [1.29, 1.82) is 0 Å². The highest BCUT2D eigenvalue weighted by atomic mass is 14.6. The van der Waals surface area contributed by atoms with Crippen LogP contribution in [0.3, 0.4) is 0 Å². The molecule has 3 aliphatic carbocycles. The first-order valence-electron chi connectivity index (χ1n) is 15.8. The molecule has 1 atom stereocenters. The minimum absolute atomic E-state index is 0.0605. The second-order valence-electron chi connectivity index (χ2n) is 16.4. The lowest BCUT2D eigenvalue weighted by Gasteiger charge is -2.40. The monoisotopic (exact) mass is 542 g/mol. The topological polar surface area (TPSA) is 0 Å². The Morgan fingerprint density at radius 3 is 1.63 bits per heavy atom. The predicted octanol–water partition coefficient (Wildman–Crippen LogP) is 11.4. The van der Waals surface area contributed by atoms with Gasteiger partial charge in [-0.05, 0) is 105 Å². The van der Waals surface area contributed by atoms with Crippen LogP contribution in [0, 0.1) is 19.3 Å². The molecule has 0 radical (unpaired) electrons. The molecule has 0 fully saturated rings. The van der Waals surface area contributed by atoms with Crippen molar-refractivity contribution < 1.29 is 0 Å². The number of allylic oxidation sites excluding steroid dienone is 4. The summed E-state index contributed by atoms with van der Waals surface area (Å²) in [6, 6.07) is 21.8. The van der Waals surface area contributed by atoms with Crippen LogP contribution >= 0.6 is 0 Å². The zero-order chi connectivity index (χ0) is 29.7. The molecule has 0 heteroatoms. The van der Waals surface area contributed by atoms with E-state index >= 15 is 0 Å². The van der Waals surface area contributed by atoms with Crippen LogP contribution in [0.25, 0.3) is 11.1 Å². The Balaban J connectivity index is 1.70. The first-order valence-corrected chi connectivity index (χ1v) is 15.8. The van der Waals surface area contributed by atoms with Crippen LogP contribution in [-0.2, 0) is 16.2 Å². The summed E-state index contributed by atoms with van der Waals surface area (Å²) in [6.07, 6.45) is 6.16. The molecule has 3 aromatic rings. The molecule has 3 aromatic carbocycles. The quantitative estimate of drug-likeness (QED) is 0.302. The van der Waals surface area contributed by atoms with E-state index in [4.69, 9.17) is 0 Å². The van der Waals surface area contributed by atoms with Crippen molar-refractivity contribution in [3.63, 3.8) is 0 Å². The van der Waals surface area contributed by atoms with E-state index in [0.29, 0.717) is 5.92 Å². The van der Waals surface area contributed by atoms with E-state index in [1.54, 1.807) is 16.7 Å². The maximum Gasteiger partial charge on any atom is 0.0315 e. The van der Waals surface area contributed by atoms with Crippen LogP contribution < -0.4 is 0 Å². The summed E-state index contributed by atoms with van der Waals surface area (Å²) in [5.41, 5.74) is 18.5. The summed E-state index contributed by atoms with van der Waals surface area (Å²) >= 11 is 0. The molecule has 3 aliphatic rings. The maximum absolute atomic E-state index is 2.64. The van der Waals surface area contributed by atoms with Gasteiger partial charge in [0.15, 0.2) is 0 Å². The molecule has 0 nitrogen and oxygen atoms in total. The fourth-order valence-corrected chi connectivity index (χ4v) is 8.51. The number of rotatable bonds is 2. The first kappa shape index (κ1) is 28.3. The van der Waals surface area contributed by atoms with Crippen molar-refractivity contribution in [3.05, 3.63) is 116 Å². The normalized spacial score (nSPS) is 20.8. The van der Waals surface area contributed by atoms with Gasteiger partial charge in [-0.25, -0.2) is 0 Å². The first-order chi connectivity index (χ1) is 19.0. The number of hydrogen-bond acceptors (Lipinski definition) is 0. The van der Waals surface area contributed by atoms with Crippen molar-refractivity contribution in [3.8, 4) is 11.1 Å². The average Bonchev–Trinajstić information content (AvgIpc) is 3.53. The van der Waals surface area contributed by atoms with E-state index in [2.05, 4.69) is 137 Å². The van der Waals surface area contributed by atoms with Gasteiger partial charge in [-0.3, -0.25) is 0 Å². The smallest absolute Gasteiger partial charge is 0.0315 e. The van der Waals surface area contributed by atoms with E-state index in [1.165, 1.54) is 62.9 Å². The Hall–Kier alpha value is -2.86. The molecule has 1 unspecified atom stereocenters. The molecule has 0 aromatic heterocycles. The number of benzene rings is 3. The summed E-state index contributed by atoms with van der Waals surface area (Å²) < 4.78 is 0. The van der Waals surface area contributed by atoms with Crippen LogP contribution in [0.1, 0.15) is 126 Å². The van der Waals surface area contributed by atoms with Gasteiger partial charge in [-0.2, -0.15) is 0 Å². The van der Waals surface area contributed by atoms with E-state index in [0.717, 1.165) is 6.42 Å². The summed E-state index contributed by atoms with van der Waals surface area (Å²) in [7, 11) is 0. The van der Waals surface area contributed by atoms with Gasteiger partial charge in [0.1, 0.15) is 0 Å².